The number of benzene rings is 2. The fourth-order valence-corrected chi connectivity index (χ4v) is 3.46. The molecule has 2 aromatic carbocycles. The molecule has 5 nitrogen and oxygen atoms in total. The second kappa shape index (κ2) is 5.33. The maximum absolute atomic E-state index is 13.3. The molecule has 2 heterocycles. The van der Waals surface area contributed by atoms with E-state index in [0.29, 0.717) is 17.7 Å². The molecule has 2 bridgehead atoms. The molecule has 0 saturated carbocycles. The number of nitrogens with zero attached hydrogens (tertiary/aromatic N) is 2. The Kier molecular flexibility index (Phi) is 3.26. The number of esters is 1. The summed E-state index contributed by atoms with van der Waals surface area (Å²) in [5.74, 6) is -1.01. The van der Waals surface area contributed by atoms with Gasteiger partial charge in [-0.05, 0) is 35.9 Å². The van der Waals surface area contributed by atoms with Gasteiger partial charge < -0.3 is 4.74 Å². The molecule has 6 heteroatoms. The molecule has 0 aliphatic carbocycles. The number of carbonyl (C=O) groups excluding carboxylic acids is 2. The van der Waals surface area contributed by atoms with Crippen molar-refractivity contribution in [1.29, 1.82) is 0 Å². The van der Waals surface area contributed by atoms with Crippen LogP contribution in [-0.2, 0) is 9.53 Å². The number of rotatable bonds is 2. The highest BCUT2D eigenvalue weighted by molar-refractivity contribution is 5.99. The fraction of sp³-hybridized carbons (Fsp3) is 0.222. The quantitative estimate of drug-likeness (QED) is 0.796. The molecule has 1 fully saturated rings. The van der Waals surface area contributed by atoms with Crippen molar-refractivity contribution in [3.8, 4) is 0 Å². The molecule has 2 aromatic rings. The lowest BCUT2D eigenvalue weighted by atomic mass is 9.97. The van der Waals surface area contributed by atoms with Crippen LogP contribution in [0.15, 0.2) is 48.5 Å². The zero-order chi connectivity index (χ0) is 16.8. The number of hydrogen-bond acceptors (Lipinski definition) is 4. The number of fused-ring (bicyclic) bond motifs is 4. The lowest BCUT2D eigenvalue weighted by molar-refractivity contribution is -0.151. The van der Waals surface area contributed by atoms with E-state index in [1.165, 1.54) is 24.1 Å². The Hall–Kier alpha value is -2.89. The predicted octanol–water partition coefficient (Wildman–Crippen LogP) is 3.04. The first kappa shape index (κ1) is 14.7. The van der Waals surface area contributed by atoms with Gasteiger partial charge in [-0.3, -0.25) is 14.6 Å². The SMILES string of the molecule is CC(=O)O[C@@H]1C[C@H]2c3ccccc3C(=O)N1N2c1ccc(F)cc1. The van der Waals surface area contributed by atoms with Gasteiger partial charge in [0.25, 0.3) is 5.91 Å². The lowest BCUT2D eigenvalue weighted by Gasteiger charge is -2.39. The van der Waals surface area contributed by atoms with Gasteiger partial charge in [0.1, 0.15) is 5.82 Å². The molecule has 0 radical (unpaired) electrons. The molecular weight excluding hydrogens is 311 g/mol. The van der Waals surface area contributed by atoms with E-state index in [4.69, 9.17) is 4.74 Å². The third-order valence-electron chi connectivity index (χ3n) is 4.38. The number of ether oxygens (including phenoxy) is 1. The highest BCUT2D eigenvalue weighted by Gasteiger charge is 2.50. The van der Waals surface area contributed by atoms with E-state index < -0.39 is 12.2 Å². The summed E-state index contributed by atoms with van der Waals surface area (Å²) >= 11 is 0. The summed E-state index contributed by atoms with van der Waals surface area (Å²) in [6, 6.07) is 13.2. The van der Waals surface area contributed by atoms with E-state index in [0.717, 1.165) is 5.56 Å². The lowest BCUT2D eigenvalue weighted by Crippen LogP contribution is -2.50. The van der Waals surface area contributed by atoms with Crippen LogP contribution in [0.5, 0.6) is 0 Å². The van der Waals surface area contributed by atoms with Crippen LogP contribution in [0.25, 0.3) is 0 Å². The van der Waals surface area contributed by atoms with Crippen molar-refractivity contribution in [2.45, 2.75) is 25.6 Å². The van der Waals surface area contributed by atoms with Crippen molar-refractivity contribution in [1.82, 2.24) is 5.01 Å². The molecule has 0 aromatic heterocycles. The molecule has 0 spiro atoms. The maximum atomic E-state index is 13.3. The Morgan fingerprint density at radius 3 is 2.54 bits per heavy atom. The van der Waals surface area contributed by atoms with Crippen LogP contribution in [0, 0.1) is 5.82 Å². The average Bonchev–Trinajstić information content (AvgIpc) is 2.87. The fourth-order valence-electron chi connectivity index (χ4n) is 3.46. The number of carbonyl (C=O) groups is 2. The number of amides is 1. The Morgan fingerprint density at radius 2 is 1.83 bits per heavy atom. The minimum Gasteiger partial charge on any atom is -0.440 e. The highest BCUT2D eigenvalue weighted by atomic mass is 19.1. The van der Waals surface area contributed by atoms with Gasteiger partial charge in [0.2, 0.25) is 0 Å². The number of halogens is 1. The molecular formula is C18H15FN2O3. The first-order valence-electron chi connectivity index (χ1n) is 7.70. The van der Waals surface area contributed by atoms with E-state index in [2.05, 4.69) is 0 Å². The van der Waals surface area contributed by atoms with Gasteiger partial charge in [-0.15, -0.1) is 0 Å². The van der Waals surface area contributed by atoms with E-state index >= 15 is 0 Å². The largest absolute Gasteiger partial charge is 0.440 e. The van der Waals surface area contributed by atoms with Crippen molar-refractivity contribution >= 4 is 17.6 Å². The van der Waals surface area contributed by atoms with Gasteiger partial charge in [0, 0.05) is 18.9 Å². The molecule has 0 unspecified atom stereocenters. The van der Waals surface area contributed by atoms with E-state index in [-0.39, 0.29) is 17.8 Å². The summed E-state index contributed by atoms with van der Waals surface area (Å²) in [7, 11) is 0. The molecule has 24 heavy (non-hydrogen) atoms. The molecule has 1 amide bonds. The van der Waals surface area contributed by atoms with Gasteiger partial charge >= 0.3 is 5.97 Å². The minimum absolute atomic E-state index is 0.145. The van der Waals surface area contributed by atoms with E-state index in [9.17, 15) is 14.0 Å². The van der Waals surface area contributed by atoms with Crippen LogP contribution in [0.3, 0.4) is 0 Å². The monoisotopic (exact) mass is 326 g/mol. The molecule has 2 aliphatic heterocycles. The smallest absolute Gasteiger partial charge is 0.304 e. The zero-order valence-corrected chi connectivity index (χ0v) is 13.0. The minimum atomic E-state index is -0.669. The summed E-state index contributed by atoms with van der Waals surface area (Å²) in [6.45, 7) is 1.32. The van der Waals surface area contributed by atoms with Gasteiger partial charge in [0.15, 0.2) is 6.23 Å². The first-order valence-corrected chi connectivity index (χ1v) is 7.70. The summed E-state index contributed by atoms with van der Waals surface area (Å²) in [6.07, 6.45) is -0.197. The third-order valence-corrected chi connectivity index (χ3v) is 4.38. The van der Waals surface area contributed by atoms with E-state index in [1.807, 2.05) is 18.2 Å². The van der Waals surface area contributed by atoms with Gasteiger partial charge in [-0.25, -0.2) is 9.40 Å². The number of hydrogen-bond donors (Lipinski definition) is 0. The Balaban J connectivity index is 1.83. The van der Waals surface area contributed by atoms with Crippen LogP contribution in [0.1, 0.15) is 35.3 Å². The Bertz CT molecular complexity index is 821. The second-order valence-electron chi connectivity index (χ2n) is 5.87. The standard InChI is InChI=1S/C18H15FN2O3/c1-11(22)24-17-10-16-14-4-2-3-5-15(14)18(23)21(17)20(16)13-8-6-12(19)7-9-13/h2-9,16-17H,10H2,1H3/t16-,17+/m0/s1. The topological polar surface area (TPSA) is 49.9 Å². The van der Waals surface area contributed by atoms with Crippen LogP contribution in [0.4, 0.5) is 10.1 Å². The molecule has 4 rings (SSSR count). The van der Waals surface area contributed by atoms with Crippen LogP contribution >= 0.6 is 0 Å². The molecule has 122 valence electrons. The van der Waals surface area contributed by atoms with Gasteiger partial charge in [-0.2, -0.15) is 0 Å². The Morgan fingerprint density at radius 1 is 1.12 bits per heavy atom. The molecule has 1 saturated heterocycles. The van der Waals surface area contributed by atoms with Crippen molar-refractivity contribution in [2.75, 3.05) is 5.01 Å². The maximum Gasteiger partial charge on any atom is 0.304 e. The van der Waals surface area contributed by atoms with Crippen molar-refractivity contribution < 1.29 is 18.7 Å². The summed E-state index contributed by atoms with van der Waals surface area (Å²) < 4.78 is 18.6. The Labute approximate surface area is 138 Å². The predicted molar refractivity (Wildman–Crippen MR) is 84.4 cm³/mol. The second-order valence-corrected chi connectivity index (χ2v) is 5.87. The number of anilines is 1. The van der Waals surface area contributed by atoms with Crippen LogP contribution < -0.4 is 5.01 Å². The van der Waals surface area contributed by atoms with Crippen molar-refractivity contribution in [2.24, 2.45) is 0 Å². The third kappa shape index (κ3) is 2.14. The zero-order valence-electron chi connectivity index (χ0n) is 13.0. The first-order chi connectivity index (χ1) is 11.6. The summed E-state index contributed by atoms with van der Waals surface area (Å²) in [5.41, 5.74) is 2.17. The highest BCUT2D eigenvalue weighted by Crippen LogP contribution is 2.46. The average molecular weight is 326 g/mol. The molecule has 2 aliphatic rings. The van der Waals surface area contributed by atoms with Crippen molar-refractivity contribution in [3.05, 3.63) is 65.5 Å². The molecule has 0 N–H and O–H groups in total. The van der Waals surface area contributed by atoms with Gasteiger partial charge in [-0.1, -0.05) is 18.2 Å². The molecule has 2 atom stereocenters. The summed E-state index contributed by atoms with van der Waals surface area (Å²) in [5, 5.41) is 3.25. The van der Waals surface area contributed by atoms with E-state index in [1.54, 1.807) is 23.2 Å². The van der Waals surface area contributed by atoms with Crippen LogP contribution in [-0.4, -0.2) is 23.1 Å². The summed E-state index contributed by atoms with van der Waals surface area (Å²) in [4.78, 5) is 24.4. The van der Waals surface area contributed by atoms with Crippen LogP contribution in [0.2, 0.25) is 0 Å². The van der Waals surface area contributed by atoms with Crippen molar-refractivity contribution in [3.63, 3.8) is 0 Å². The normalized spacial score (nSPS) is 21.7. The number of hydrazine groups is 1. The van der Waals surface area contributed by atoms with Gasteiger partial charge in [0.05, 0.1) is 11.7 Å².